The number of hydrogen-bond donors (Lipinski definition) is 3. The highest BCUT2D eigenvalue weighted by atomic mass is 16.3. The van der Waals surface area contributed by atoms with E-state index in [1.165, 1.54) is 12.8 Å². The number of nitrogens with one attached hydrogen (secondary N) is 2. The molecule has 0 bridgehead atoms. The molecule has 1 heterocycles. The second-order valence-corrected chi connectivity index (χ2v) is 6.89. The zero-order valence-electron chi connectivity index (χ0n) is 13.0. The lowest BCUT2D eigenvalue weighted by atomic mass is 9.75. The van der Waals surface area contributed by atoms with E-state index in [1.807, 2.05) is 0 Å². The van der Waals surface area contributed by atoms with Crippen molar-refractivity contribution in [2.24, 2.45) is 5.92 Å². The predicted molar refractivity (Wildman–Crippen MR) is 79.5 cm³/mol. The van der Waals surface area contributed by atoms with Crippen molar-refractivity contribution in [2.75, 3.05) is 27.2 Å². The van der Waals surface area contributed by atoms with E-state index < -0.39 is 0 Å². The van der Waals surface area contributed by atoms with Gasteiger partial charge in [-0.05, 0) is 39.3 Å². The fraction of sp³-hybridized carbons (Fsp3) is 0.933. The Morgan fingerprint density at radius 1 is 1.50 bits per heavy atom. The van der Waals surface area contributed by atoms with Crippen LogP contribution in [0.5, 0.6) is 0 Å². The molecule has 0 radical (unpaired) electrons. The summed E-state index contributed by atoms with van der Waals surface area (Å²) in [5, 5.41) is 15.7. The molecule has 4 atom stereocenters. The summed E-state index contributed by atoms with van der Waals surface area (Å²) in [7, 11) is 4.23. The minimum absolute atomic E-state index is 0.0287. The van der Waals surface area contributed by atoms with Gasteiger partial charge >= 0.3 is 0 Å². The number of rotatable bonds is 4. The lowest BCUT2D eigenvalue weighted by Crippen LogP contribution is -2.56. The van der Waals surface area contributed by atoms with Gasteiger partial charge in [0.2, 0.25) is 5.91 Å². The Balaban J connectivity index is 1.90. The van der Waals surface area contributed by atoms with Gasteiger partial charge in [-0.3, -0.25) is 4.79 Å². The van der Waals surface area contributed by atoms with Crippen LogP contribution in [0.2, 0.25) is 0 Å². The van der Waals surface area contributed by atoms with Crippen LogP contribution in [0, 0.1) is 5.92 Å². The van der Waals surface area contributed by atoms with E-state index in [-0.39, 0.29) is 23.6 Å². The average Bonchev–Trinajstić information content (AvgIpc) is 2.82. The van der Waals surface area contributed by atoms with E-state index in [0.717, 1.165) is 18.8 Å². The highest BCUT2D eigenvalue weighted by molar-refractivity contribution is 5.82. The number of aliphatic hydroxyl groups is 1. The van der Waals surface area contributed by atoms with Gasteiger partial charge in [0.25, 0.3) is 0 Å². The normalized spacial score (nSPS) is 38.1. The van der Waals surface area contributed by atoms with Gasteiger partial charge in [-0.25, -0.2) is 0 Å². The van der Waals surface area contributed by atoms with Crippen LogP contribution in [-0.4, -0.2) is 60.8 Å². The molecule has 20 heavy (non-hydrogen) atoms. The van der Waals surface area contributed by atoms with Gasteiger partial charge in [0.15, 0.2) is 0 Å². The molecule has 1 amide bonds. The second kappa shape index (κ2) is 6.41. The van der Waals surface area contributed by atoms with Crippen molar-refractivity contribution in [1.29, 1.82) is 0 Å². The molecule has 4 unspecified atom stereocenters. The topological polar surface area (TPSA) is 64.6 Å². The Morgan fingerprint density at radius 2 is 2.25 bits per heavy atom. The van der Waals surface area contributed by atoms with Crippen LogP contribution in [0.4, 0.5) is 0 Å². The molecule has 116 valence electrons. The maximum absolute atomic E-state index is 12.2. The van der Waals surface area contributed by atoms with Gasteiger partial charge in [-0.15, -0.1) is 0 Å². The van der Waals surface area contributed by atoms with Crippen LogP contribution >= 0.6 is 0 Å². The van der Waals surface area contributed by atoms with Crippen molar-refractivity contribution in [3.05, 3.63) is 0 Å². The lowest BCUT2D eigenvalue weighted by molar-refractivity contribution is -0.123. The van der Waals surface area contributed by atoms with Gasteiger partial charge in [0.05, 0.1) is 12.1 Å². The van der Waals surface area contributed by atoms with Crippen molar-refractivity contribution >= 4 is 5.91 Å². The molecule has 5 nitrogen and oxygen atoms in total. The van der Waals surface area contributed by atoms with Gasteiger partial charge in [-0.2, -0.15) is 0 Å². The molecule has 0 aromatic carbocycles. The maximum atomic E-state index is 12.2. The number of aliphatic hydroxyl groups excluding tert-OH is 1. The van der Waals surface area contributed by atoms with Crippen molar-refractivity contribution in [2.45, 2.75) is 56.7 Å². The molecule has 2 fully saturated rings. The highest BCUT2D eigenvalue weighted by Gasteiger charge is 2.38. The van der Waals surface area contributed by atoms with E-state index in [9.17, 15) is 9.90 Å². The van der Waals surface area contributed by atoms with Crippen LogP contribution in [0.25, 0.3) is 0 Å². The Morgan fingerprint density at radius 3 is 2.80 bits per heavy atom. The molecule has 5 heteroatoms. The van der Waals surface area contributed by atoms with Gasteiger partial charge in [-0.1, -0.05) is 19.8 Å². The maximum Gasteiger partial charge on any atom is 0.237 e. The highest BCUT2D eigenvalue weighted by Crippen LogP contribution is 2.35. The standard InChI is InChI=1S/C15H29N3O2/c1-11-5-4-6-15(8-11,18(2)3)10-17-14(20)13-7-12(19)9-16-13/h11-13,16,19H,4-10H2,1-3H3,(H,17,20). The molecule has 0 spiro atoms. The summed E-state index contributed by atoms with van der Waals surface area (Å²) in [4.78, 5) is 14.5. The minimum Gasteiger partial charge on any atom is -0.392 e. The van der Waals surface area contributed by atoms with Crippen LogP contribution < -0.4 is 10.6 Å². The summed E-state index contributed by atoms with van der Waals surface area (Å²) >= 11 is 0. The van der Waals surface area contributed by atoms with Crippen molar-refractivity contribution in [1.82, 2.24) is 15.5 Å². The summed E-state index contributed by atoms with van der Waals surface area (Å²) in [5.41, 5.74) is 0.0878. The summed E-state index contributed by atoms with van der Waals surface area (Å²) in [6, 6.07) is -0.231. The summed E-state index contributed by atoms with van der Waals surface area (Å²) in [5.74, 6) is 0.746. The first-order valence-electron chi connectivity index (χ1n) is 7.79. The number of amides is 1. The molecule has 1 aliphatic heterocycles. The van der Waals surface area contributed by atoms with Gasteiger partial charge in [0, 0.05) is 18.6 Å². The molecule has 1 aliphatic carbocycles. The second-order valence-electron chi connectivity index (χ2n) is 6.89. The van der Waals surface area contributed by atoms with Gasteiger partial charge < -0.3 is 20.6 Å². The average molecular weight is 283 g/mol. The van der Waals surface area contributed by atoms with Crippen LogP contribution in [-0.2, 0) is 4.79 Å². The Bertz CT molecular complexity index is 348. The van der Waals surface area contributed by atoms with Crippen LogP contribution in [0.3, 0.4) is 0 Å². The van der Waals surface area contributed by atoms with E-state index in [0.29, 0.717) is 19.5 Å². The molecule has 3 N–H and O–H groups in total. The molecule has 2 aliphatic rings. The van der Waals surface area contributed by atoms with E-state index in [2.05, 4.69) is 36.6 Å². The molecule has 2 rings (SSSR count). The zero-order chi connectivity index (χ0) is 14.8. The van der Waals surface area contributed by atoms with E-state index in [1.54, 1.807) is 0 Å². The summed E-state index contributed by atoms with van der Waals surface area (Å²) < 4.78 is 0. The SMILES string of the molecule is CC1CCCC(CNC(=O)C2CC(O)CN2)(N(C)C)C1. The lowest BCUT2D eigenvalue weighted by Gasteiger charge is -2.45. The van der Waals surface area contributed by atoms with Crippen LogP contribution in [0.1, 0.15) is 39.0 Å². The summed E-state index contributed by atoms with van der Waals surface area (Å²) in [6.07, 6.45) is 4.95. The Kier molecular flexibility index (Phi) is 5.04. The van der Waals surface area contributed by atoms with Crippen molar-refractivity contribution in [3.63, 3.8) is 0 Å². The first-order chi connectivity index (χ1) is 9.43. The minimum atomic E-state index is -0.386. The number of hydrogen-bond acceptors (Lipinski definition) is 4. The molecule has 1 saturated heterocycles. The summed E-state index contributed by atoms with van der Waals surface area (Å²) in [6.45, 7) is 3.53. The van der Waals surface area contributed by atoms with Crippen molar-refractivity contribution in [3.8, 4) is 0 Å². The molecule has 0 aromatic heterocycles. The number of likely N-dealkylation sites (N-methyl/N-ethyl adjacent to an activating group) is 1. The predicted octanol–water partition coefficient (Wildman–Crippen LogP) is 0.336. The Hall–Kier alpha value is -0.650. The Labute approximate surface area is 122 Å². The van der Waals surface area contributed by atoms with Crippen LogP contribution in [0.15, 0.2) is 0 Å². The monoisotopic (exact) mass is 283 g/mol. The number of carbonyl (C=O) groups excluding carboxylic acids is 1. The largest absolute Gasteiger partial charge is 0.392 e. The smallest absolute Gasteiger partial charge is 0.237 e. The third-order valence-electron chi connectivity index (χ3n) is 5.03. The molecular formula is C15H29N3O2. The third kappa shape index (κ3) is 3.51. The third-order valence-corrected chi connectivity index (χ3v) is 5.03. The van der Waals surface area contributed by atoms with Crippen molar-refractivity contribution < 1.29 is 9.90 Å². The first kappa shape index (κ1) is 15.7. The van der Waals surface area contributed by atoms with E-state index in [4.69, 9.17) is 0 Å². The van der Waals surface area contributed by atoms with E-state index >= 15 is 0 Å². The fourth-order valence-electron chi connectivity index (χ4n) is 3.65. The molecule has 0 aromatic rings. The number of carbonyl (C=O) groups is 1. The number of nitrogens with zero attached hydrogens (tertiary/aromatic N) is 1. The molecular weight excluding hydrogens is 254 g/mol. The fourth-order valence-corrected chi connectivity index (χ4v) is 3.65. The zero-order valence-corrected chi connectivity index (χ0v) is 13.0. The number of β-amino-alcohol motifs (C(OH)–C–C–N with tert-alkyl or cyclic N) is 1. The first-order valence-corrected chi connectivity index (χ1v) is 7.79. The molecule has 1 saturated carbocycles. The van der Waals surface area contributed by atoms with Gasteiger partial charge in [0.1, 0.15) is 0 Å². The quantitative estimate of drug-likeness (QED) is 0.696.